The molecule has 21 heavy (non-hydrogen) atoms. The van der Waals surface area contributed by atoms with Crippen molar-refractivity contribution < 1.29 is 29.0 Å². The third-order valence-corrected chi connectivity index (χ3v) is 3.03. The highest BCUT2D eigenvalue weighted by Crippen LogP contribution is 2.07. The average Bonchev–Trinajstić information content (AvgIpc) is 2.32. The number of hydrogen-bond acceptors (Lipinski definition) is 9. The van der Waals surface area contributed by atoms with Gasteiger partial charge in [-0.1, -0.05) is 0 Å². The fourth-order valence-corrected chi connectivity index (χ4v) is 2.11. The second-order valence-corrected chi connectivity index (χ2v) is 5.26. The van der Waals surface area contributed by atoms with Crippen LogP contribution in [0.15, 0.2) is 0 Å². The van der Waals surface area contributed by atoms with Crippen molar-refractivity contribution in [2.24, 2.45) is 0 Å². The van der Waals surface area contributed by atoms with Gasteiger partial charge < -0.3 is 14.8 Å². The fraction of sp³-hybridized carbons (Fsp3) is 0.818. The lowest BCUT2D eigenvalue weighted by Gasteiger charge is -2.17. The van der Waals surface area contributed by atoms with Gasteiger partial charge in [0.2, 0.25) is 6.29 Å². The lowest BCUT2D eigenvalue weighted by molar-refractivity contribution is -0.777. The smallest absolute Gasteiger partial charge is 0.326 e. The molecule has 0 aromatic rings. The molecule has 0 heterocycles. The molecule has 2 atom stereocenters. The largest absolute Gasteiger partial charge is 0.462 e. The number of ether oxygens (including phenoxy) is 2. The molecule has 0 fully saturated rings. The van der Waals surface area contributed by atoms with Crippen molar-refractivity contribution in [1.29, 1.82) is 0 Å². The van der Waals surface area contributed by atoms with Gasteiger partial charge in [0.1, 0.15) is 6.04 Å². The van der Waals surface area contributed by atoms with Crippen molar-refractivity contribution in [1.82, 2.24) is 5.32 Å². The van der Waals surface area contributed by atoms with E-state index in [0.29, 0.717) is 0 Å². The van der Waals surface area contributed by atoms with E-state index in [9.17, 15) is 19.7 Å². The number of hydrogen-bond donors (Lipinski definition) is 1. The van der Waals surface area contributed by atoms with Gasteiger partial charge in [-0.05, 0) is 27.8 Å². The Kier molecular flexibility index (Phi) is 9.46. The minimum absolute atomic E-state index is 0.102. The van der Waals surface area contributed by atoms with Crippen LogP contribution in [0.1, 0.15) is 20.8 Å². The van der Waals surface area contributed by atoms with Crippen LogP contribution in [0.25, 0.3) is 0 Å². The van der Waals surface area contributed by atoms with Gasteiger partial charge in [-0.3, -0.25) is 14.4 Å². The summed E-state index contributed by atoms with van der Waals surface area (Å²) < 4.78 is 9.68. The van der Waals surface area contributed by atoms with Crippen LogP contribution in [0.2, 0.25) is 0 Å². The molecule has 0 saturated carbocycles. The molecule has 0 aliphatic rings. The summed E-state index contributed by atoms with van der Waals surface area (Å²) in [6.07, 6.45) is -1.48. The average molecular weight is 324 g/mol. The maximum absolute atomic E-state index is 11.7. The van der Waals surface area contributed by atoms with Crippen molar-refractivity contribution in [3.63, 3.8) is 0 Å². The molecule has 9 nitrogen and oxygen atoms in total. The SMILES string of the molecule is CN[C@@H](CSCC(=O)OC(C)C)C(=O)OC(C)O[N+](=O)[O-]. The van der Waals surface area contributed by atoms with Crippen LogP contribution in [0, 0.1) is 10.1 Å². The van der Waals surface area contributed by atoms with E-state index in [1.54, 1.807) is 13.8 Å². The van der Waals surface area contributed by atoms with Gasteiger partial charge in [-0.15, -0.1) is 21.9 Å². The van der Waals surface area contributed by atoms with Crippen LogP contribution >= 0.6 is 11.8 Å². The highest BCUT2D eigenvalue weighted by molar-refractivity contribution is 8.00. The van der Waals surface area contributed by atoms with E-state index in [0.717, 1.165) is 0 Å². The predicted molar refractivity (Wildman–Crippen MR) is 75.0 cm³/mol. The maximum Gasteiger partial charge on any atom is 0.326 e. The topological polar surface area (TPSA) is 117 Å². The van der Waals surface area contributed by atoms with Gasteiger partial charge in [0.05, 0.1) is 11.9 Å². The van der Waals surface area contributed by atoms with Crippen LogP contribution in [0.4, 0.5) is 0 Å². The number of thioether (sulfide) groups is 1. The van der Waals surface area contributed by atoms with E-state index >= 15 is 0 Å². The molecule has 0 aliphatic heterocycles. The summed E-state index contributed by atoms with van der Waals surface area (Å²) in [7, 11) is 1.54. The summed E-state index contributed by atoms with van der Waals surface area (Å²) in [5, 5.41) is 11.7. The molecule has 0 aliphatic carbocycles. The monoisotopic (exact) mass is 324 g/mol. The van der Waals surface area contributed by atoms with E-state index < -0.39 is 23.4 Å². The quantitative estimate of drug-likeness (QED) is 0.263. The first-order chi connectivity index (χ1) is 9.76. The molecule has 10 heteroatoms. The molecule has 0 rings (SSSR count). The summed E-state index contributed by atoms with van der Waals surface area (Å²) in [4.78, 5) is 37.2. The molecule has 1 unspecified atom stereocenters. The number of nitrogens with zero attached hydrogens (tertiary/aromatic N) is 1. The standard InChI is InChI=1S/C11H20N2O7S/c1-7(2)18-10(14)6-21-5-9(12-4)11(15)19-8(3)20-13(16)17/h7-9,12H,5-6H2,1-4H3/t8?,9-/m0/s1. The second-order valence-electron chi connectivity index (χ2n) is 4.23. The van der Waals surface area contributed by atoms with E-state index in [4.69, 9.17) is 9.47 Å². The zero-order valence-corrected chi connectivity index (χ0v) is 13.2. The molecule has 1 N–H and O–H groups in total. The van der Waals surface area contributed by atoms with Crippen LogP contribution in [-0.4, -0.2) is 54.0 Å². The van der Waals surface area contributed by atoms with Crippen molar-refractivity contribution in [2.45, 2.75) is 39.2 Å². The Morgan fingerprint density at radius 1 is 1.29 bits per heavy atom. The van der Waals surface area contributed by atoms with E-state index in [-0.39, 0.29) is 23.6 Å². The predicted octanol–water partition coefficient (Wildman–Crippen LogP) is 0.357. The first-order valence-electron chi connectivity index (χ1n) is 6.22. The normalized spacial score (nSPS) is 13.4. The second kappa shape index (κ2) is 10.2. The Bertz CT molecular complexity index is 364. The highest BCUT2D eigenvalue weighted by atomic mass is 32.2. The number of nitrogens with one attached hydrogen (secondary N) is 1. The molecule has 122 valence electrons. The summed E-state index contributed by atoms with van der Waals surface area (Å²) >= 11 is 1.19. The molecule has 0 bridgehead atoms. The van der Waals surface area contributed by atoms with E-state index in [1.165, 1.54) is 25.7 Å². The van der Waals surface area contributed by atoms with Crippen LogP contribution in [-0.2, 0) is 23.9 Å². The molecule has 0 radical (unpaired) electrons. The first-order valence-corrected chi connectivity index (χ1v) is 7.37. The molecular formula is C11H20N2O7S. The van der Waals surface area contributed by atoms with E-state index in [2.05, 4.69) is 10.2 Å². The summed E-state index contributed by atoms with van der Waals surface area (Å²) in [6, 6.07) is -0.709. The number of carbonyl (C=O) groups excluding carboxylic acids is 2. The number of rotatable bonds is 10. The van der Waals surface area contributed by atoms with Gasteiger partial charge >= 0.3 is 11.9 Å². The minimum Gasteiger partial charge on any atom is -0.462 e. The van der Waals surface area contributed by atoms with Crippen LogP contribution in [0.5, 0.6) is 0 Å². The van der Waals surface area contributed by atoms with Crippen molar-refractivity contribution >= 4 is 23.7 Å². The molecule has 0 aromatic heterocycles. The van der Waals surface area contributed by atoms with E-state index in [1.807, 2.05) is 0 Å². The lowest BCUT2D eigenvalue weighted by atomic mass is 10.3. The Morgan fingerprint density at radius 3 is 2.38 bits per heavy atom. The summed E-state index contributed by atoms with van der Waals surface area (Å²) in [5.74, 6) is -0.710. The van der Waals surface area contributed by atoms with Crippen LogP contribution in [0.3, 0.4) is 0 Å². The van der Waals surface area contributed by atoms with Crippen LogP contribution < -0.4 is 5.32 Å². The van der Waals surface area contributed by atoms with Gasteiger partial charge in [0.15, 0.2) is 0 Å². The molecule has 0 aromatic carbocycles. The molecular weight excluding hydrogens is 304 g/mol. The number of esters is 2. The highest BCUT2D eigenvalue weighted by Gasteiger charge is 2.22. The van der Waals surface area contributed by atoms with Crippen molar-refractivity contribution in [3.05, 3.63) is 10.1 Å². The number of likely N-dealkylation sites (N-methyl/N-ethyl adjacent to an activating group) is 1. The fourth-order valence-electron chi connectivity index (χ4n) is 1.21. The molecule has 0 saturated heterocycles. The maximum atomic E-state index is 11.7. The lowest BCUT2D eigenvalue weighted by Crippen LogP contribution is -2.40. The molecule has 0 amide bonds. The molecule has 0 spiro atoms. The minimum atomic E-state index is -1.29. The summed E-state index contributed by atoms with van der Waals surface area (Å²) in [5.41, 5.74) is 0. The number of carbonyl (C=O) groups is 2. The first kappa shape index (κ1) is 19.4. The Balaban J connectivity index is 4.11. The Morgan fingerprint density at radius 2 is 1.90 bits per heavy atom. The Hall–Kier alpha value is -1.55. The zero-order valence-electron chi connectivity index (χ0n) is 12.4. The van der Waals surface area contributed by atoms with Gasteiger partial charge in [0, 0.05) is 5.75 Å². The Labute approximate surface area is 126 Å². The zero-order chi connectivity index (χ0) is 16.4. The van der Waals surface area contributed by atoms with Gasteiger partial charge in [0.25, 0.3) is 5.09 Å². The van der Waals surface area contributed by atoms with Crippen molar-refractivity contribution in [3.8, 4) is 0 Å². The van der Waals surface area contributed by atoms with Gasteiger partial charge in [-0.2, -0.15) is 0 Å². The third kappa shape index (κ3) is 9.91. The summed E-state index contributed by atoms with van der Waals surface area (Å²) in [6.45, 7) is 4.72. The van der Waals surface area contributed by atoms with Gasteiger partial charge in [-0.25, -0.2) is 0 Å². The third-order valence-electron chi connectivity index (χ3n) is 2.02. The van der Waals surface area contributed by atoms with Crippen molar-refractivity contribution in [2.75, 3.05) is 18.6 Å².